The SMILES string of the molecule is O=C(O)C(CNc1ccc2c(c1)OCCO2)C(F)(F)F. The molecule has 0 bridgehead atoms. The molecule has 1 heterocycles. The van der Waals surface area contributed by atoms with E-state index in [0.717, 1.165) is 0 Å². The molecule has 5 nitrogen and oxygen atoms in total. The number of fused-ring (bicyclic) bond motifs is 1. The lowest BCUT2D eigenvalue weighted by molar-refractivity contribution is -0.190. The Labute approximate surface area is 112 Å². The van der Waals surface area contributed by atoms with E-state index in [1.807, 2.05) is 0 Å². The Morgan fingerprint density at radius 1 is 1.30 bits per heavy atom. The minimum atomic E-state index is -4.80. The van der Waals surface area contributed by atoms with E-state index in [4.69, 9.17) is 14.6 Å². The highest BCUT2D eigenvalue weighted by atomic mass is 19.4. The van der Waals surface area contributed by atoms with E-state index in [2.05, 4.69) is 5.32 Å². The van der Waals surface area contributed by atoms with Crippen LogP contribution in [0, 0.1) is 5.92 Å². The third kappa shape index (κ3) is 3.25. The van der Waals surface area contributed by atoms with Crippen LogP contribution in [0.4, 0.5) is 18.9 Å². The molecule has 0 aliphatic carbocycles. The van der Waals surface area contributed by atoms with E-state index in [0.29, 0.717) is 30.4 Å². The smallest absolute Gasteiger partial charge is 0.403 e. The normalized spacial score (nSPS) is 15.6. The van der Waals surface area contributed by atoms with Crippen molar-refractivity contribution in [1.82, 2.24) is 0 Å². The lowest BCUT2D eigenvalue weighted by Crippen LogP contribution is -2.36. The van der Waals surface area contributed by atoms with Crippen molar-refractivity contribution >= 4 is 11.7 Å². The maximum Gasteiger partial charge on any atom is 0.403 e. The monoisotopic (exact) mass is 291 g/mol. The van der Waals surface area contributed by atoms with Gasteiger partial charge in [-0.1, -0.05) is 0 Å². The maximum absolute atomic E-state index is 12.5. The molecule has 1 aliphatic heterocycles. The fourth-order valence-corrected chi connectivity index (χ4v) is 1.72. The van der Waals surface area contributed by atoms with Gasteiger partial charge in [0.1, 0.15) is 13.2 Å². The average Bonchev–Trinajstić information content (AvgIpc) is 2.36. The summed E-state index contributed by atoms with van der Waals surface area (Å²) in [5.74, 6) is -3.45. The topological polar surface area (TPSA) is 67.8 Å². The van der Waals surface area contributed by atoms with Crippen LogP contribution in [0.15, 0.2) is 18.2 Å². The van der Waals surface area contributed by atoms with Gasteiger partial charge in [0, 0.05) is 18.3 Å². The van der Waals surface area contributed by atoms with Crippen molar-refractivity contribution in [2.24, 2.45) is 5.92 Å². The van der Waals surface area contributed by atoms with Crippen molar-refractivity contribution in [3.63, 3.8) is 0 Å². The summed E-state index contributed by atoms with van der Waals surface area (Å²) < 4.78 is 48.0. The number of nitrogens with one attached hydrogen (secondary N) is 1. The highest BCUT2D eigenvalue weighted by Gasteiger charge is 2.44. The van der Waals surface area contributed by atoms with Crippen molar-refractivity contribution in [3.8, 4) is 11.5 Å². The Morgan fingerprint density at radius 3 is 2.55 bits per heavy atom. The van der Waals surface area contributed by atoms with Gasteiger partial charge in [0.05, 0.1) is 0 Å². The number of halogens is 3. The van der Waals surface area contributed by atoms with Crippen molar-refractivity contribution in [2.45, 2.75) is 6.18 Å². The second kappa shape index (κ2) is 5.48. The molecule has 0 saturated carbocycles. The van der Waals surface area contributed by atoms with Gasteiger partial charge >= 0.3 is 12.1 Å². The van der Waals surface area contributed by atoms with E-state index >= 15 is 0 Å². The van der Waals surface area contributed by atoms with Gasteiger partial charge in [-0.3, -0.25) is 4.79 Å². The molecule has 1 aromatic carbocycles. The number of anilines is 1. The number of alkyl halides is 3. The van der Waals surface area contributed by atoms with Crippen molar-refractivity contribution < 1.29 is 32.5 Å². The van der Waals surface area contributed by atoms with E-state index in [9.17, 15) is 18.0 Å². The summed E-state index contributed by atoms with van der Waals surface area (Å²) in [4.78, 5) is 10.6. The quantitative estimate of drug-likeness (QED) is 0.889. The van der Waals surface area contributed by atoms with Gasteiger partial charge in [-0.2, -0.15) is 13.2 Å². The fourth-order valence-electron chi connectivity index (χ4n) is 1.72. The Kier molecular flexibility index (Phi) is 3.91. The van der Waals surface area contributed by atoms with Crippen molar-refractivity contribution in [3.05, 3.63) is 18.2 Å². The summed E-state index contributed by atoms with van der Waals surface area (Å²) in [6.07, 6.45) is -4.80. The molecule has 0 radical (unpaired) electrons. The number of hydrogen-bond donors (Lipinski definition) is 2. The summed E-state index contributed by atoms with van der Waals surface area (Å²) in [6, 6.07) is 4.53. The highest BCUT2D eigenvalue weighted by Crippen LogP contribution is 2.33. The van der Waals surface area contributed by atoms with Crippen LogP contribution in [0.3, 0.4) is 0 Å². The van der Waals surface area contributed by atoms with Gasteiger partial charge in [0.15, 0.2) is 17.4 Å². The third-order valence-corrected chi connectivity index (χ3v) is 2.75. The first kappa shape index (κ1) is 14.3. The van der Waals surface area contributed by atoms with Crippen LogP contribution < -0.4 is 14.8 Å². The third-order valence-electron chi connectivity index (χ3n) is 2.75. The molecule has 0 fully saturated rings. The van der Waals surface area contributed by atoms with Crippen LogP contribution in [-0.4, -0.2) is 37.0 Å². The summed E-state index contributed by atoms with van der Waals surface area (Å²) in [6.45, 7) is 0.0180. The van der Waals surface area contributed by atoms with Crippen LogP contribution in [0.2, 0.25) is 0 Å². The molecule has 0 amide bonds. The molecule has 1 aromatic rings. The van der Waals surface area contributed by atoms with Gasteiger partial charge in [-0.25, -0.2) is 0 Å². The minimum absolute atomic E-state index is 0.338. The molecular weight excluding hydrogens is 279 g/mol. The van der Waals surface area contributed by atoms with E-state index < -0.39 is 24.6 Å². The van der Waals surface area contributed by atoms with Gasteiger partial charge in [-0.05, 0) is 12.1 Å². The first-order valence-electron chi connectivity index (χ1n) is 5.81. The lowest BCUT2D eigenvalue weighted by atomic mass is 10.1. The molecular formula is C12H12F3NO4. The zero-order valence-corrected chi connectivity index (χ0v) is 10.2. The highest BCUT2D eigenvalue weighted by molar-refractivity contribution is 5.72. The van der Waals surface area contributed by atoms with Gasteiger partial charge in [0.25, 0.3) is 0 Å². The predicted molar refractivity (Wildman–Crippen MR) is 63.1 cm³/mol. The standard InChI is InChI=1S/C12H12F3NO4/c13-12(14,15)8(11(17)18)6-16-7-1-2-9-10(5-7)20-4-3-19-9/h1-2,5,8,16H,3-4,6H2,(H,17,18). The number of aliphatic carboxylic acids is 1. The van der Waals surface area contributed by atoms with E-state index in [-0.39, 0.29) is 0 Å². The number of benzene rings is 1. The number of carbonyl (C=O) groups is 1. The molecule has 0 aromatic heterocycles. The van der Waals surface area contributed by atoms with E-state index in [1.54, 1.807) is 6.07 Å². The Bertz CT molecular complexity index is 504. The molecule has 0 saturated heterocycles. The zero-order chi connectivity index (χ0) is 14.8. The Balaban J connectivity index is 2.05. The molecule has 1 unspecified atom stereocenters. The maximum atomic E-state index is 12.5. The number of carboxylic acid groups (broad SMARTS) is 1. The van der Waals surface area contributed by atoms with Gasteiger partial charge in [-0.15, -0.1) is 0 Å². The van der Waals surface area contributed by atoms with Crippen LogP contribution in [0.25, 0.3) is 0 Å². The zero-order valence-electron chi connectivity index (χ0n) is 10.2. The molecule has 8 heteroatoms. The van der Waals surface area contributed by atoms with E-state index in [1.165, 1.54) is 12.1 Å². The molecule has 2 rings (SSSR count). The van der Waals surface area contributed by atoms with Crippen molar-refractivity contribution in [2.75, 3.05) is 25.1 Å². The summed E-state index contributed by atoms with van der Waals surface area (Å²) in [5, 5.41) is 11.0. The summed E-state index contributed by atoms with van der Waals surface area (Å²) >= 11 is 0. The molecule has 0 spiro atoms. The first-order valence-corrected chi connectivity index (χ1v) is 5.81. The molecule has 110 valence electrons. The Morgan fingerprint density at radius 2 is 1.95 bits per heavy atom. The lowest BCUT2D eigenvalue weighted by Gasteiger charge is -2.20. The Hall–Kier alpha value is -2.12. The van der Waals surface area contributed by atoms with Crippen LogP contribution in [-0.2, 0) is 4.79 Å². The molecule has 2 N–H and O–H groups in total. The van der Waals surface area contributed by atoms with Crippen LogP contribution in [0.5, 0.6) is 11.5 Å². The predicted octanol–water partition coefficient (Wildman–Crippen LogP) is 2.13. The largest absolute Gasteiger partial charge is 0.486 e. The molecule has 1 aliphatic rings. The number of hydrogen-bond acceptors (Lipinski definition) is 4. The fraction of sp³-hybridized carbons (Fsp3) is 0.417. The van der Waals surface area contributed by atoms with Crippen LogP contribution in [0.1, 0.15) is 0 Å². The second-order valence-electron chi connectivity index (χ2n) is 4.17. The second-order valence-corrected chi connectivity index (χ2v) is 4.17. The average molecular weight is 291 g/mol. The molecule has 1 atom stereocenters. The van der Waals surface area contributed by atoms with Crippen molar-refractivity contribution in [1.29, 1.82) is 0 Å². The first-order chi connectivity index (χ1) is 9.38. The summed E-state index contributed by atoms with van der Waals surface area (Å²) in [7, 11) is 0. The minimum Gasteiger partial charge on any atom is -0.486 e. The van der Waals surface area contributed by atoms with Gasteiger partial charge < -0.3 is 19.9 Å². The molecule has 20 heavy (non-hydrogen) atoms. The number of carboxylic acids is 1. The van der Waals surface area contributed by atoms with Gasteiger partial charge in [0.2, 0.25) is 0 Å². The number of rotatable bonds is 4. The summed E-state index contributed by atoms with van der Waals surface area (Å²) in [5.41, 5.74) is 0.338. The number of ether oxygens (including phenoxy) is 2. The van der Waals surface area contributed by atoms with Crippen LogP contribution >= 0.6 is 0 Å².